The molecule has 0 aromatic carbocycles. The summed E-state index contributed by atoms with van der Waals surface area (Å²) in [5.74, 6) is 0. The van der Waals surface area contributed by atoms with Crippen LogP contribution in [0.2, 0.25) is 0 Å². The Bertz CT molecular complexity index is 534. The molecule has 21 heavy (non-hydrogen) atoms. The van der Waals surface area contributed by atoms with Crippen molar-refractivity contribution in [1.82, 2.24) is 9.62 Å². The standard InChI is InChI=1S/C15H28N2O2S2/c1-6-9-16-11-14-10-15(12(4)20-14)21(18,19)17(5)13(7-2)8-3/h10,13,16H,6-9,11H2,1-5H3. The number of hydrogen-bond donors (Lipinski definition) is 1. The minimum Gasteiger partial charge on any atom is -0.312 e. The highest BCUT2D eigenvalue weighted by Gasteiger charge is 2.28. The SMILES string of the molecule is CCCNCc1cc(S(=O)(=O)N(C)C(CC)CC)c(C)s1. The van der Waals surface area contributed by atoms with E-state index in [1.165, 1.54) is 4.31 Å². The van der Waals surface area contributed by atoms with Crippen LogP contribution >= 0.6 is 11.3 Å². The van der Waals surface area contributed by atoms with Crippen molar-refractivity contribution in [1.29, 1.82) is 0 Å². The van der Waals surface area contributed by atoms with Crippen LogP contribution in [0.4, 0.5) is 0 Å². The van der Waals surface area contributed by atoms with Crippen molar-refractivity contribution in [3.8, 4) is 0 Å². The molecular weight excluding hydrogens is 304 g/mol. The van der Waals surface area contributed by atoms with Crippen LogP contribution in [0.5, 0.6) is 0 Å². The van der Waals surface area contributed by atoms with E-state index < -0.39 is 10.0 Å². The Morgan fingerprint density at radius 1 is 1.29 bits per heavy atom. The van der Waals surface area contributed by atoms with Crippen LogP contribution in [-0.2, 0) is 16.6 Å². The number of aryl methyl sites for hydroxylation is 1. The van der Waals surface area contributed by atoms with E-state index in [9.17, 15) is 8.42 Å². The molecule has 0 aliphatic carbocycles. The quantitative estimate of drug-likeness (QED) is 0.705. The molecule has 0 aliphatic heterocycles. The first-order valence-electron chi connectivity index (χ1n) is 7.66. The lowest BCUT2D eigenvalue weighted by atomic mass is 10.2. The minimum atomic E-state index is -3.39. The monoisotopic (exact) mass is 332 g/mol. The maximum absolute atomic E-state index is 12.8. The summed E-state index contributed by atoms with van der Waals surface area (Å²) >= 11 is 1.57. The van der Waals surface area contributed by atoms with Gasteiger partial charge in [0.25, 0.3) is 0 Å². The molecule has 0 atom stereocenters. The van der Waals surface area contributed by atoms with Crippen molar-refractivity contribution in [3.63, 3.8) is 0 Å². The number of sulfonamides is 1. The van der Waals surface area contributed by atoms with Gasteiger partial charge in [0.2, 0.25) is 10.0 Å². The van der Waals surface area contributed by atoms with Gasteiger partial charge in [-0.25, -0.2) is 8.42 Å². The van der Waals surface area contributed by atoms with Crippen molar-refractivity contribution in [3.05, 3.63) is 15.8 Å². The van der Waals surface area contributed by atoms with Gasteiger partial charge in [0.1, 0.15) is 0 Å². The zero-order chi connectivity index (χ0) is 16.0. The number of nitrogens with zero attached hydrogens (tertiary/aromatic N) is 1. The summed E-state index contributed by atoms with van der Waals surface area (Å²) in [6, 6.07) is 1.90. The Morgan fingerprint density at radius 3 is 2.43 bits per heavy atom. The van der Waals surface area contributed by atoms with Gasteiger partial charge in [-0.2, -0.15) is 4.31 Å². The third kappa shape index (κ3) is 4.52. The summed E-state index contributed by atoms with van der Waals surface area (Å²) < 4.78 is 27.1. The van der Waals surface area contributed by atoms with Crippen LogP contribution in [0, 0.1) is 6.92 Å². The van der Waals surface area contributed by atoms with Gasteiger partial charge in [0.15, 0.2) is 0 Å². The fraction of sp³-hybridized carbons (Fsp3) is 0.733. The minimum absolute atomic E-state index is 0.0657. The van der Waals surface area contributed by atoms with Crippen LogP contribution < -0.4 is 5.32 Å². The van der Waals surface area contributed by atoms with Gasteiger partial charge < -0.3 is 5.32 Å². The Balaban J connectivity index is 2.98. The van der Waals surface area contributed by atoms with Crippen LogP contribution in [0.1, 0.15) is 49.8 Å². The second-order valence-corrected chi connectivity index (χ2v) is 8.61. The van der Waals surface area contributed by atoms with Gasteiger partial charge in [0, 0.05) is 29.4 Å². The molecular formula is C15H28N2O2S2. The Kier molecular flexibility index (Phi) is 7.33. The van der Waals surface area contributed by atoms with Gasteiger partial charge in [-0.1, -0.05) is 20.8 Å². The molecule has 1 heterocycles. The molecule has 1 N–H and O–H groups in total. The summed E-state index contributed by atoms with van der Waals surface area (Å²) in [6.07, 6.45) is 2.74. The molecule has 0 unspecified atom stereocenters. The van der Waals surface area contributed by atoms with E-state index >= 15 is 0 Å². The molecule has 0 spiro atoms. The molecule has 1 aromatic rings. The van der Waals surface area contributed by atoms with Gasteiger partial charge in [0.05, 0.1) is 4.90 Å². The van der Waals surface area contributed by atoms with E-state index in [0.29, 0.717) is 4.90 Å². The molecule has 1 rings (SSSR count). The van der Waals surface area contributed by atoms with Gasteiger partial charge in [-0.3, -0.25) is 0 Å². The van der Waals surface area contributed by atoms with Crippen LogP contribution in [0.3, 0.4) is 0 Å². The topological polar surface area (TPSA) is 49.4 Å². The average Bonchev–Trinajstić information content (AvgIpc) is 2.82. The third-order valence-corrected chi connectivity index (χ3v) is 6.98. The maximum atomic E-state index is 12.8. The highest BCUT2D eigenvalue weighted by molar-refractivity contribution is 7.89. The molecule has 0 amide bonds. The summed E-state index contributed by atoms with van der Waals surface area (Å²) in [5, 5.41) is 3.32. The normalized spacial score (nSPS) is 12.5. The number of rotatable bonds is 9. The highest BCUT2D eigenvalue weighted by atomic mass is 32.2. The lowest BCUT2D eigenvalue weighted by Crippen LogP contribution is -2.36. The molecule has 6 heteroatoms. The third-order valence-electron chi connectivity index (χ3n) is 3.76. The van der Waals surface area contributed by atoms with E-state index in [0.717, 1.165) is 42.1 Å². The molecule has 0 saturated carbocycles. The molecule has 122 valence electrons. The van der Waals surface area contributed by atoms with Crippen molar-refractivity contribution in [2.75, 3.05) is 13.6 Å². The molecule has 4 nitrogen and oxygen atoms in total. The lowest BCUT2D eigenvalue weighted by molar-refractivity contribution is 0.349. The zero-order valence-electron chi connectivity index (χ0n) is 13.8. The second kappa shape index (κ2) is 8.27. The van der Waals surface area contributed by atoms with Crippen molar-refractivity contribution in [2.45, 2.75) is 64.4 Å². The predicted octanol–water partition coefficient (Wildman–Crippen LogP) is 3.37. The summed E-state index contributed by atoms with van der Waals surface area (Å²) in [6.45, 7) is 9.76. The van der Waals surface area contributed by atoms with E-state index in [-0.39, 0.29) is 6.04 Å². The Hall–Kier alpha value is -0.430. The fourth-order valence-corrected chi connectivity index (χ4v) is 5.48. The zero-order valence-corrected chi connectivity index (χ0v) is 15.4. The average molecular weight is 333 g/mol. The first-order valence-corrected chi connectivity index (χ1v) is 9.92. The first-order chi connectivity index (χ1) is 9.88. The molecule has 0 saturated heterocycles. The molecule has 0 aliphatic rings. The largest absolute Gasteiger partial charge is 0.312 e. The Morgan fingerprint density at radius 2 is 1.90 bits per heavy atom. The maximum Gasteiger partial charge on any atom is 0.244 e. The first kappa shape index (κ1) is 18.6. The van der Waals surface area contributed by atoms with Crippen LogP contribution in [-0.4, -0.2) is 32.4 Å². The summed E-state index contributed by atoms with van der Waals surface area (Å²) in [5.41, 5.74) is 0. The van der Waals surface area contributed by atoms with E-state index in [1.54, 1.807) is 18.4 Å². The Labute approximate surface area is 133 Å². The van der Waals surface area contributed by atoms with Gasteiger partial charge in [-0.05, 0) is 38.8 Å². The van der Waals surface area contributed by atoms with Crippen LogP contribution in [0.15, 0.2) is 11.0 Å². The van der Waals surface area contributed by atoms with Gasteiger partial charge >= 0.3 is 0 Å². The van der Waals surface area contributed by atoms with Gasteiger partial charge in [-0.15, -0.1) is 11.3 Å². The molecule has 0 radical (unpaired) electrons. The molecule has 0 bridgehead atoms. The number of nitrogens with one attached hydrogen (secondary N) is 1. The lowest BCUT2D eigenvalue weighted by Gasteiger charge is -2.25. The number of thiophene rings is 1. The number of hydrogen-bond acceptors (Lipinski definition) is 4. The summed E-state index contributed by atoms with van der Waals surface area (Å²) in [7, 11) is -1.69. The highest BCUT2D eigenvalue weighted by Crippen LogP contribution is 2.29. The van der Waals surface area contributed by atoms with E-state index in [4.69, 9.17) is 0 Å². The smallest absolute Gasteiger partial charge is 0.244 e. The molecule has 1 aromatic heterocycles. The van der Waals surface area contributed by atoms with E-state index in [1.807, 2.05) is 26.8 Å². The van der Waals surface area contributed by atoms with E-state index in [2.05, 4.69) is 12.2 Å². The van der Waals surface area contributed by atoms with Crippen molar-refractivity contribution < 1.29 is 8.42 Å². The summed E-state index contributed by atoms with van der Waals surface area (Å²) in [4.78, 5) is 2.42. The molecule has 0 fully saturated rings. The van der Waals surface area contributed by atoms with Crippen molar-refractivity contribution in [2.24, 2.45) is 0 Å². The second-order valence-electron chi connectivity index (χ2n) is 5.30. The van der Waals surface area contributed by atoms with Crippen molar-refractivity contribution >= 4 is 21.4 Å². The predicted molar refractivity (Wildman–Crippen MR) is 90.4 cm³/mol. The van der Waals surface area contributed by atoms with Crippen LogP contribution in [0.25, 0.3) is 0 Å². The fourth-order valence-electron chi connectivity index (χ4n) is 2.41.